The van der Waals surface area contributed by atoms with Crippen LogP contribution >= 0.6 is 22.7 Å². The number of nitrogens with zero attached hydrogens (tertiary/aromatic N) is 3. The molecule has 0 saturated carbocycles. The van der Waals surface area contributed by atoms with Gasteiger partial charge in [-0.15, -0.1) is 22.7 Å². The monoisotopic (exact) mass is 319 g/mol. The van der Waals surface area contributed by atoms with Gasteiger partial charge in [0.15, 0.2) is 10.8 Å². The van der Waals surface area contributed by atoms with Gasteiger partial charge in [-0.3, -0.25) is 4.90 Å². The minimum absolute atomic E-state index is 0.827. The quantitative estimate of drug-likeness (QED) is 0.710. The molecule has 6 heteroatoms. The second-order valence-electron chi connectivity index (χ2n) is 5.07. The van der Waals surface area contributed by atoms with Crippen LogP contribution in [-0.2, 0) is 13.1 Å². The van der Waals surface area contributed by atoms with E-state index in [0.29, 0.717) is 0 Å². The van der Waals surface area contributed by atoms with Gasteiger partial charge in [0.2, 0.25) is 0 Å². The van der Waals surface area contributed by atoms with Gasteiger partial charge in [0.05, 0.1) is 10.7 Å². The molecule has 0 bridgehead atoms. The zero-order valence-corrected chi connectivity index (χ0v) is 13.9. The molecule has 0 aliphatic heterocycles. The Kier molecular flexibility index (Phi) is 4.19. The van der Waals surface area contributed by atoms with Crippen LogP contribution < -0.4 is 0 Å². The van der Waals surface area contributed by atoms with E-state index >= 15 is 0 Å². The highest BCUT2D eigenvalue weighted by atomic mass is 32.1. The molecule has 0 spiro atoms. The Hall–Kier alpha value is -1.50. The average molecular weight is 319 g/mol. The number of aryl methyl sites for hydroxylation is 2. The van der Waals surface area contributed by atoms with Crippen molar-refractivity contribution in [2.45, 2.75) is 26.9 Å². The summed E-state index contributed by atoms with van der Waals surface area (Å²) in [5, 5.41) is 4.16. The first-order valence-corrected chi connectivity index (χ1v) is 8.41. The molecule has 110 valence electrons. The smallest absolute Gasteiger partial charge is 0.162 e. The second-order valence-corrected chi connectivity index (χ2v) is 7.25. The number of thiazole rings is 2. The lowest BCUT2D eigenvalue weighted by molar-refractivity contribution is 0.318. The molecule has 0 unspecified atom stereocenters. The molecule has 0 radical (unpaired) electrons. The third-order valence-corrected chi connectivity index (χ3v) is 4.83. The lowest BCUT2D eigenvalue weighted by Gasteiger charge is -2.13. The summed E-state index contributed by atoms with van der Waals surface area (Å²) in [6, 6.07) is 3.94. The highest BCUT2D eigenvalue weighted by Crippen LogP contribution is 2.26. The van der Waals surface area contributed by atoms with Gasteiger partial charge in [-0.05, 0) is 33.0 Å². The summed E-state index contributed by atoms with van der Waals surface area (Å²) in [7, 11) is 2.10. The fourth-order valence-electron chi connectivity index (χ4n) is 2.12. The first kappa shape index (κ1) is 14.4. The molecule has 0 aliphatic carbocycles. The Morgan fingerprint density at radius 2 is 2.10 bits per heavy atom. The Morgan fingerprint density at radius 1 is 1.24 bits per heavy atom. The largest absolute Gasteiger partial charge is 0.459 e. The predicted octanol–water partition coefficient (Wildman–Crippen LogP) is 4.11. The van der Waals surface area contributed by atoms with Crippen LogP contribution in [0.4, 0.5) is 0 Å². The van der Waals surface area contributed by atoms with Crippen LogP contribution in [0, 0.1) is 13.8 Å². The van der Waals surface area contributed by atoms with E-state index in [1.165, 1.54) is 4.88 Å². The van der Waals surface area contributed by atoms with Crippen molar-refractivity contribution in [3.63, 3.8) is 0 Å². The minimum atomic E-state index is 0.827. The van der Waals surface area contributed by atoms with Crippen molar-refractivity contribution in [3.05, 3.63) is 45.0 Å². The molecule has 3 aromatic heterocycles. The molecular formula is C15H17N3OS2. The SMILES string of the molecule is Cc1ccc(-c2nc(CN(C)Cc3cnc(C)s3)cs2)o1. The van der Waals surface area contributed by atoms with Gasteiger partial charge in [-0.1, -0.05) is 0 Å². The van der Waals surface area contributed by atoms with Gasteiger partial charge in [0.25, 0.3) is 0 Å². The first-order chi connectivity index (χ1) is 10.1. The maximum atomic E-state index is 5.61. The molecule has 0 aromatic carbocycles. The topological polar surface area (TPSA) is 42.2 Å². The van der Waals surface area contributed by atoms with E-state index in [-0.39, 0.29) is 0 Å². The maximum absolute atomic E-state index is 5.61. The van der Waals surface area contributed by atoms with E-state index in [1.807, 2.05) is 32.2 Å². The zero-order valence-electron chi connectivity index (χ0n) is 12.3. The van der Waals surface area contributed by atoms with Crippen LogP contribution in [-0.4, -0.2) is 21.9 Å². The normalized spacial score (nSPS) is 11.4. The summed E-state index contributed by atoms with van der Waals surface area (Å²) in [4.78, 5) is 12.5. The lowest BCUT2D eigenvalue weighted by Crippen LogP contribution is -2.16. The Labute approximate surface area is 132 Å². The van der Waals surface area contributed by atoms with E-state index in [0.717, 1.165) is 40.3 Å². The van der Waals surface area contributed by atoms with Crippen LogP contribution in [0.1, 0.15) is 21.3 Å². The van der Waals surface area contributed by atoms with Gasteiger partial charge in [0, 0.05) is 29.5 Å². The van der Waals surface area contributed by atoms with Gasteiger partial charge >= 0.3 is 0 Å². The van der Waals surface area contributed by atoms with Gasteiger partial charge in [-0.25, -0.2) is 9.97 Å². The van der Waals surface area contributed by atoms with Crippen LogP contribution in [0.25, 0.3) is 10.8 Å². The number of furan rings is 1. The fourth-order valence-corrected chi connectivity index (χ4v) is 3.77. The molecule has 4 nitrogen and oxygen atoms in total. The molecule has 0 fully saturated rings. The number of hydrogen-bond acceptors (Lipinski definition) is 6. The van der Waals surface area contributed by atoms with Crippen molar-refractivity contribution < 1.29 is 4.42 Å². The summed E-state index contributed by atoms with van der Waals surface area (Å²) in [6.45, 7) is 5.71. The third-order valence-electron chi connectivity index (χ3n) is 3.03. The molecule has 0 atom stereocenters. The minimum Gasteiger partial charge on any atom is -0.459 e. The van der Waals surface area contributed by atoms with Crippen molar-refractivity contribution in [2.24, 2.45) is 0 Å². The van der Waals surface area contributed by atoms with Crippen molar-refractivity contribution in [1.82, 2.24) is 14.9 Å². The van der Waals surface area contributed by atoms with Crippen LogP contribution in [0.2, 0.25) is 0 Å². The van der Waals surface area contributed by atoms with Gasteiger partial charge in [0.1, 0.15) is 5.76 Å². The van der Waals surface area contributed by atoms with Crippen LogP contribution in [0.3, 0.4) is 0 Å². The molecule has 0 N–H and O–H groups in total. The molecule has 21 heavy (non-hydrogen) atoms. The Bertz CT molecular complexity index is 729. The summed E-state index contributed by atoms with van der Waals surface area (Å²) < 4.78 is 5.61. The summed E-state index contributed by atoms with van der Waals surface area (Å²) in [5.74, 6) is 1.77. The van der Waals surface area contributed by atoms with Crippen molar-refractivity contribution in [1.29, 1.82) is 0 Å². The Balaban J connectivity index is 1.64. The van der Waals surface area contributed by atoms with E-state index in [2.05, 4.69) is 27.3 Å². The summed E-state index contributed by atoms with van der Waals surface area (Å²) >= 11 is 3.37. The first-order valence-electron chi connectivity index (χ1n) is 6.71. The summed E-state index contributed by atoms with van der Waals surface area (Å²) in [5.41, 5.74) is 1.08. The summed E-state index contributed by atoms with van der Waals surface area (Å²) in [6.07, 6.45) is 1.95. The molecule has 0 aliphatic rings. The third kappa shape index (κ3) is 3.58. The highest BCUT2D eigenvalue weighted by Gasteiger charge is 2.10. The Morgan fingerprint density at radius 3 is 2.76 bits per heavy atom. The van der Waals surface area contributed by atoms with Crippen molar-refractivity contribution in [3.8, 4) is 10.8 Å². The standard InChI is InChI=1S/C15H17N3OS2/c1-10-4-5-14(19-10)15-17-12(9-20-15)7-18(3)8-13-6-16-11(2)21-13/h4-6,9H,7-8H2,1-3H3. The van der Waals surface area contributed by atoms with E-state index in [4.69, 9.17) is 4.42 Å². The number of aromatic nitrogens is 2. The maximum Gasteiger partial charge on any atom is 0.162 e. The number of hydrogen-bond donors (Lipinski definition) is 0. The van der Waals surface area contributed by atoms with Gasteiger partial charge < -0.3 is 4.42 Å². The second kappa shape index (κ2) is 6.09. The molecule has 0 amide bonds. The highest BCUT2D eigenvalue weighted by molar-refractivity contribution is 7.13. The van der Waals surface area contributed by atoms with E-state index in [1.54, 1.807) is 22.7 Å². The average Bonchev–Trinajstić information content (AvgIpc) is 3.12. The fraction of sp³-hybridized carbons (Fsp3) is 0.333. The van der Waals surface area contributed by atoms with Crippen LogP contribution in [0.5, 0.6) is 0 Å². The molecule has 3 heterocycles. The number of rotatable bonds is 5. The molecule has 3 rings (SSSR count). The van der Waals surface area contributed by atoms with Crippen molar-refractivity contribution in [2.75, 3.05) is 7.05 Å². The van der Waals surface area contributed by atoms with Crippen molar-refractivity contribution >= 4 is 22.7 Å². The van der Waals surface area contributed by atoms with E-state index in [9.17, 15) is 0 Å². The molecule has 0 saturated heterocycles. The molecule has 3 aromatic rings. The lowest BCUT2D eigenvalue weighted by atomic mass is 10.4. The molecular weight excluding hydrogens is 302 g/mol. The predicted molar refractivity (Wildman–Crippen MR) is 86.6 cm³/mol. The van der Waals surface area contributed by atoms with Gasteiger partial charge in [-0.2, -0.15) is 0 Å². The van der Waals surface area contributed by atoms with E-state index < -0.39 is 0 Å². The van der Waals surface area contributed by atoms with Crippen LogP contribution in [0.15, 0.2) is 28.1 Å². The zero-order chi connectivity index (χ0) is 14.8.